The molecular formula is C11H17N3O5S2. The number of sulfonamides is 1. The fourth-order valence-electron chi connectivity index (χ4n) is 1.60. The fraction of sp³-hybridized carbons (Fsp3) is 0.545. The van der Waals surface area contributed by atoms with Crippen LogP contribution >= 0.6 is 11.3 Å². The third-order valence-electron chi connectivity index (χ3n) is 2.39. The third kappa shape index (κ3) is 4.22. The summed E-state index contributed by atoms with van der Waals surface area (Å²) < 4.78 is 30.4. The highest BCUT2D eigenvalue weighted by molar-refractivity contribution is 7.91. The number of esters is 1. The Morgan fingerprint density at radius 1 is 1.48 bits per heavy atom. The number of amides is 1. The van der Waals surface area contributed by atoms with E-state index < -0.39 is 28.4 Å². The maximum absolute atomic E-state index is 12.6. The lowest BCUT2D eigenvalue weighted by Crippen LogP contribution is -2.40. The minimum absolute atomic E-state index is 0.0198. The van der Waals surface area contributed by atoms with Crippen molar-refractivity contribution in [3.8, 4) is 0 Å². The summed E-state index contributed by atoms with van der Waals surface area (Å²) in [5, 5.41) is 0. The summed E-state index contributed by atoms with van der Waals surface area (Å²) in [6.45, 7) is 3.25. The number of primary amides is 1. The molecule has 118 valence electrons. The maximum Gasteiger partial charge on any atom is 0.358 e. The molecule has 10 heteroatoms. The smallest absolute Gasteiger partial charge is 0.358 e. The van der Waals surface area contributed by atoms with Gasteiger partial charge in [0.15, 0.2) is 9.90 Å². The minimum Gasteiger partial charge on any atom is -0.464 e. The van der Waals surface area contributed by atoms with Crippen LogP contribution in [0.2, 0.25) is 0 Å². The summed E-state index contributed by atoms with van der Waals surface area (Å²) in [7, 11) is -2.91. The van der Waals surface area contributed by atoms with E-state index in [9.17, 15) is 18.0 Å². The molecule has 0 saturated heterocycles. The van der Waals surface area contributed by atoms with Gasteiger partial charge in [0.25, 0.3) is 10.0 Å². The largest absolute Gasteiger partial charge is 0.464 e. The van der Waals surface area contributed by atoms with Crippen molar-refractivity contribution in [3.63, 3.8) is 0 Å². The Labute approximate surface area is 127 Å². The number of ether oxygens (including phenoxy) is 1. The van der Waals surface area contributed by atoms with Gasteiger partial charge in [0.05, 0.1) is 19.2 Å². The molecule has 2 N–H and O–H groups in total. The molecule has 0 unspecified atom stereocenters. The molecule has 1 rings (SSSR count). The van der Waals surface area contributed by atoms with Crippen molar-refractivity contribution in [3.05, 3.63) is 11.2 Å². The van der Waals surface area contributed by atoms with E-state index in [4.69, 9.17) is 5.73 Å². The Balaban J connectivity index is 3.26. The summed E-state index contributed by atoms with van der Waals surface area (Å²) in [4.78, 5) is 26.4. The average Bonchev–Trinajstić information content (AvgIpc) is 2.85. The number of nitrogens with zero attached hydrogens (tertiary/aromatic N) is 2. The zero-order valence-electron chi connectivity index (χ0n) is 11.9. The van der Waals surface area contributed by atoms with Gasteiger partial charge in [-0.05, 0) is 5.92 Å². The molecule has 0 radical (unpaired) electrons. The van der Waals surface area contributed by atoms with E-state index in [1.165, 1.54) is 5.51 Å². The first-order chi connectivity index (χ1) is 9.70. The van der Waals surface area contributed by atoms with Crippen LogP contribution < -0.4 is 5.73 Å². The van der Waals surface area contributed by atoms with Crippen molar-refractivity contribution in [2.24, 2.45) is 11.7 Å². The van der Waals surface area contributed by atoms with Gasteiger partial charge < -0.3 is 10.5 Å². The Bertz CT molecular complexity index is 624. The van der Waals surface area contributed by atoms with Crippen LogP contribution in [0.5, 0.6) is 0 Å². The predicted octanol–water partition coefficient (Wildman–Crippen LogP) is 0.0617. The Morgan fingerprint density at radius 2 is 2.10 bits per heavy atom. The molecule has 1 aromatic rings. The van der Waals surface area contributed by atoms with E-state index >= 15 is 0 Å². The molecule has 8 nitrogen and oxygen atoms in total. The number of carbonyl (C=O) groups excluding carboxylic acids is 2. The first kappa shape index (κ1) is 17.5. The van der Waals surface area contributed by atoms with Crippen LogP contribution in [-0.2, 0) is 19.6 Å². The Kier molecular flexibility index (Phi) is 5.81. The van der Waals surface area contributed by atoms with Gasteiger partial charge in [-0.2, -0.15) is 4.31 Å². The second-order valence-corrected chi connectivity index (χ2v) is 7.63. The van der Waals surface area contributed by atoms with Crippen LogP contribution in [0, 0.1) is 5.92 Å². The number of methoxy groups -OCH3 is 1. The maximum atomic E-state index is 12.6. The molecule has 0 aliphatic rings. The monoisotopic (exact) mass is 335 g/mol. The number of hydrogen-bond donors (Lipinski definition) is 1. The van der Waals surface area contributed by atoms with Gasteiger partial charge in [-0.3, -0.25) is 4.79 Å². The fourth-order valence-corrected chi connectivity index (χ4v) is 4.44. The minimum atomic E-state index is -4.05. The van der Waals surface area contributed by atoms with Crippen molar-refractivity contribution in [1.29, 1.82) is 0 Å². The predicted molar refractivity (Wildman–Crippen MR) is 76.2 cm³/mol. The van der Waals surface area contributed by atoms with Gasteiger partial charge in [0.1, 0.15) is 0 Å². The lowest BCUT2D eigenvalue weighted by molar-refractivity contribution is -0.118. The topological polar surface area (TPSA) is 120 Å². The lowest BCUT2D eigenvalue weighted by Gasteiger charge is -2.21. The van der Waals surface area contributed by atoms with E-state index in [0.717, 1.165) is 22.8 Å². The van der Waals surface area contributed by atoms with Crippen molar-refractivity contribution in [1.82, 2.24) is 9.29 Å². The molecule has 0 spiro atoms. The molecule has 21 heavy (non-hydrogen) atoms. The van der Waals surface area contributed by atoms with E-state index in [0.29, 0.717) is 0 Å². The Morgan fingerprint density at radius 3 is 2.57 bits per heavy atom. The SMILES string of the molecule is COC(=O)c1ncsc1S(=O)(=O)N(CC(N)=O)CC(C)C. The lowest BCUT2D eigenvalue weighted by atomic mass is 10.2. The van der Waals surface area contributed by atoms with Crippen LogP contribution in [-0.4, -0.2) is 49.8 Å². The molecule has 0 aliphatic heterocycles. The standard InChI is InChI=1S/C11H17N3O5S2/c1-7(2)4-14(5-8(12)15)21(17,18)11-9(10(16)19-3)13-6-20-11/h6-7H,4-5H2,1-3H3,(H2,12,15). The van der Waals surface area contributed by atoms with Gasteiger partial charge in [0, 0.05) is 6.54 Å². The van der Waals surface area contributed by atoms with Crippen LogP contribution in [0.3, 0.4) is 0 Å². The molecule has 0 saturated carbocycles. The first-order valence-corrected chi connectivity index (χ1v) is 8.32. The summed E-state index contributed by atoms with van der Waals surface area (Å²) in [5.41, 5.74) is 6.04. The highest BCUT2D eigenvalue weighted by Crippen LogP contribution is 2.25. The first-order valence-electron chi connectivity index (χ1n) is 6.00. The number of rotatable bonds is 7. The molecular weight excluding hydrogens is 318 g/mol. The van der Waals surface area contributed by atoms with Gasteiger partial charge in [-0.1, -0.05) is 13.8 Å². The van der Waals surface area contributed by atoms with Gasteiger partial charge in [-0.15, -0.1) is 11.3 Å². The average molecular weight is 335 g/mol. The second kappa shape index (κ2) is 6.96. The van der Waals surface area contributed by atoms with Gasteiger partial charge >= 0.3 is 5.97 Å². The molecule has 1 amide bonds. The zero-order valence-corrected chi connectivity index (χ0v) is 13.5. The van der Waals surface area contributed by atoms with Gasteiger partial charge in [-0.25, -0.2) is 18.2 Å². The third-order valence-corrected chi connectivity index (χ3v) is 5.55. The quantitative estimate of drug-likeness (QED) is 0.704. The molecule has 0 fully saturated rings. The Hall–Kier alpha value is -1.52. The van der Waals surface area contributed by atoms with E-state index in [2.05, 4.69) is 9.72 Å². The summed E-state index contributed by atoms with van der Waals surface area (Å²) in [6.07, 6.45) is 0. The van der Waals surface area contributed by atoms with Crippen LogP contribution in [0.1, 0.15) is 24.3 Å². The van der Waals surface area contributed by atoms with Crippen LogP contribution in [0.4, 0.5) is 0 Å². The molecule has 0 bridgehead atoms. The van der Waals surface area contributed by atoms with Crippen LogP contribution in [0.15, 0.2) is 9.72 Å². The summed E-state index contributed by atoms with van der Waals surface area (Å²) in [6, 6.07) is 0. The normalized spacial score (nSPS) is 11.9. The molecule has 0 aliphatic carbocycles. The number of aromatic nitrogens is 1. The molecule has 0 aromatic carbocycles. The number of hydrogen-bond acceptors (Lipinski definition) is 7. The molecule has 0 atom stereocenters. The second-order valence-electron chi connectivity index (χ2n) is 4.64. The highest BCUT2D eigenvalue weighted by Gasteiger charge is 2.33. The van der Waals surface area contributed by atoms with Crippen LogP contribution in [0.25, 0.3) is 0 Å². The zero-order chi connectivity index (χ0) is 16.2. The van der Waals surface area contributed by atoms with Gasteiger partial charge in [0.2, 0.25) is 5.91 Å². The summed E-state index contributed by atoms with van der Waals surface area (Å²) in [5.74, 6) is -1.64. The molecule has 1 aromatic heterocycles. The van der Waals surface area contributed by atoms with E-state index in [1.54, 1.807) is 13.8 Å². The number of carbonyl (C=O) groups is 2. The van der Waals surface area contributed by atoms with Crippen molar-refractivity contribution < 1.29 is 22.7 Å². The molecule has 1 heterocycles. The summed E-state index contributed by atoms with van der Waals surface area (Å²) >= 11 is 0.789. The number of nitrogens with two attached hydrogens (primary N) is 1. The van der Waals surface area contributed by atoms with Crippen molar-refractivity contribution in [2.75, 3.05) is 20.2 Å². The van der Waals surface area contributed by atoms with Crippen molar-refractivity contribution >= 4 is 33.2 Å². The van der Waals surface area contributed by atoms with E-state index in [1.807, 2.05) is 0 Å². The van der Waals surface area contributed by atoms with E-state index in [-0.39, 0.29) is 22.4 Å². The van der Waals surface area contributed by atoms with Crippen molar-refractivity contribution in [2.45, 2.75) is 18.1 Å². The number of thiazole rings is 1. The highest BCUT2D eigenvalue weighted by atomic mass is 32.2.